The van der Waals surface area contributed by atoms with Crippen LogP contribution in [0.15, 0.2) is 41.0 Å². The Morgan fingerprint density at radius 2 is 1.50 bits per heavy atom. The number of hydrogen-bond acceptors (Lipinski definition) is 0. The van der Waals surface area contributed by atoms with E-state index in [1.54, 1.807) is 0 Å². The standard InChI is InChI=1S/C9H13.C7H14N.C7H7Si.Ti/c1-6-5-7(2)9(4)8(6)3;8-7-5-3-1-2-4-6-7;1-6-4-2-3-5-7(6)8;/h6H,1-4H3;7-8H,1-6H2;2-5H,1H3;/q2*-1;;+2. The molecule has 1 aromatic rings. The molecule has 1 saturated carbocycles. The molecule has 2 aliphatic carbocycles. The summed E-state index contributed by atoms with van der Waals surface area (Å²) in [6, 6.07) is 8.42. The van der Waals surface area contributed by atoms with Crippen molar-refractivity contribution >= 4 is 15.4 Å². The van der Waals surface area contributed by atoms with E-state index >= 15 is 0 Å². The number of allylic oxidation sites excluding steroid dienone is 4. The average Bonchev–Trinajstić information content (AvgIpc) is 2.78. The van der Waals surface area contributed by atoms with Crippen LogP contribution in [-0.2, 0) is 21.7 Å². The van der Waals surface area contributed by atoms with Crippen LogP contribution in [0.2, 0.25) is 0 Å². The Hall–Kier alpha value is -0.409. The third-order valence-corrected chi connectivity index (χ3v) is 5.80. The first-order chi connectivity index (χ1) is 11.8. The van der Waals surface area contributed by atoms with Gasteiger partial charge in [0.05, 0.1) is 10.2 Å². The minimum atomic E-state index is 0. The first-order valence-corrected chi connectivity index (χ1v) is 10.1. The zero-order valence-electron chi connectivity index (χ0n) is 17.2. The minimum absolute atomic E-state index is 0. The van der Waals surface area contributed by atoms with Crippen LogP contribution in [0.4, 0.5) is 0 Å². The summed E-state index contributed by atoms with van der Waals surface area (Å²) in [5, 5.41) is 1.17. The van der Waals surface area contributed by atoms with Gasteiger partial charge in [-0.3, -0.25) is 6.08 Å². The molecular formula is C23H34NSiTi. The van der Waals surface area contributed by atoms with Crippen LogP contribution >= 0.6 is 0 Å². The van der Waals surface area contributed by atoms with Crippen LogP contribution < -0.4 is 5.19 Å². The molecule has 0 bridgehead atoms. The average molecular weight is 400 g/mol. The number of hydrogen-bond donors (Lipinski definition) is 0. The summed E-state index contributed by atoms with van der Waals surface area (Å²) >= 11 is 0. The quantitative estimate of drug-likeness (QED) is 0.278. The minimum Gasteiger partial charge on any atom is -0.675 e. The number of aryl methyl sites for hydroxylation is 1. The molecule has 1 atom stereocenters. The molecule has 3 radical (unpaired) electrons. The maximum absolute atomic E-state index is 7.41. The largest absolute Gasteiger partial charge is 2.00 e. The Kier molecular flexibility index (Phi) is 13.5. The van der Waals surface area contributed by atoms with Crippen LogP contribution in [0.5, 0.6) is 0 Å². The molecule has 0 heterocycles. The summed E-state index contributed by atoms with van der Waals surface area (Å²) in [6.45, 7) is 10.7. The second kappa shape index (κ2) is 13.7. The van der Waals surface area contributed by atoms with Crippen LogP contribution in [0.25, 0.3) is 5.73 Å². The molecule has 1 N–H and O–H groups in total. The van der Waals surface area contributed by atoms with Gasteiger partial charge in [-0.25, -0.2) is 5.57 Å². The molecule has 1 unspecified atom stereocenters. The van der Waals surface area contributed by atoms with Crippen molar-refractivity contribution in [1.29, 1.82) is 0 Å². The van der Waals surface area contributed by atoms with E-state index in [1.165, 1.54) is 53.2 Å². The van der Waals surface area contributed by atoms with Gasteiger partial charge < -0.3 is 5.73 Å². The van der Waals surface area contributed by atoms with Gasteiger partial charge in [-0.05, 0) is 6.92 Å². The molecule has 1 nitrogen and oxygen atoms in total. The molecular weight excluding hydrogens is 366 g/mol. The van der Waals surface area contributed by atoms with Crippen molar-refractivity contribution in [2.45, 2.75) is 79.2 Å². The maximum Gasteiger partial charge on any atom is 2.00 e. The molecule has 3 rings (SSSR count). The molecule has 3 heteroatoms. The molecule has 0 aliphatic heterocycles. The van der Waals surface area contributed by atoms with Gasteiger partial charge in [-0.1, -0.05) is 100 Å². The van der Waals surface area contributed by atoms with Gasteiger partial charge in [0.1, 0.15) is 0 Å². The van der Waals surface area contributed by atoms with Gasteiger partial charge >= 0.3 is 21.7 Å². The molecule has 1 fully saturated rings. The van der Waals surface area contributed by atoms with E-state index in [0.29, 0.717) is 5.92 Å². The Morgan fingerprint density at radius 3 is 1.81 bits per heavy atom. The molecule has 139 valence electrons. The first-order valence-electron chi connectivity index (χ1n) is 9.59. The number of rotatable bonds is 0. The smallest absolute Gasteiger partial charge is 0.675 e. The third kappa shape index (κ3) is 9.50. The fraction of sp³-hybridized carbons (Fsp3) is 0.565. The molecule has 0 saturated heterocycles. The zero-order chi connectivity index (χ0) is 18.8. The second-order valence-electron chi connectivity index (χ2n) is 7.30. The summed E-state index contributed by atoms with van der Waals surface area (Å²) in [7, 11) is 3.44. The van der Waals surface area contributed by atoms with Crippen LogP contribution in [0.3, 0.4) is 0 Å². The van der Waals surface area contributed by atoms with Gasteiger partial charge in [0.2, 0.25) is 0 Å². The molecule has 2 aliphatic rings. The summed E-state index contributed by atoms with van der Waals surface area (Å²) < 4.78 is 0. The zero-order valence-corrected chi connectivity index (χ0v) is 19.8. The normalized spacial score (nSPS) is 20.0. The van der Waals surface area contributed by atoms with Gasteiger partial charge in [0.15, 0.2) is 0 Å². The topological polar surface area (TPSA) is 23.8 Å². The van der Waals surface area contributed by atoms with Crippen molar-refractivity contribution in [3.8, 4) is 0 Å². The van der Waals surface area contributed by atoms with Crippen LogP contribution in [-0.4, -0.2) is 16.3 Å². The summed E-state index contributed by atoms with van der Waals surface area (Å²) in [5.41, 5.74) is 12.9. The molecule has 1 aromatic carbocycles. The SMILES string of the molecule is CC1=[C-]C(C)C(C)=C1C.Cc1ccccc1[Si].[NH-]C1CCCCCC1.[Ti+2]. The van der Waals surface area contributed by atoms with E-state index in [4.69, 9.17) is 5.73 Å². The summed E-state index contributed by atoms with van der Waals surface area (Å²) in [4.78, 5) is 0. The van der Waals surface area contributed by atoms with E-state index in [9.17, 15) is 0 Å². The van der Waals surface area contributed by atoms with Crippen molar-refractivity contribution in [2.24, 2.45) is 5.92 Å². The summed E-state index contributed by atoms with van der Waals surface area (Å²) in [5.74, 6) is 0.560. The Bertz CT molecular complexity index is 563. The van der Waals surface area contributed by atoms with Crippen molar-refractivity contribution in [1.82, 2.24) is 0 Å². The van der Waals surface area contributed by atoms with E-state index < -0.39 is 0 Å². The van der Waals surface area contributed by atoms with E-state index in [-0.39, 0.29) is 27.8 Å². The Morgan fingerprint density at radius 1 is 0.962 bits per heavy atom. The first kappa shape index (κ1) is 25.6. The predicted octanol–water partition coefficient (Wildman–Crippen LogP) is 6.27. The maximum atomic E-state index is 7.41. The fourth-order valence-corrected chi connectivity index (χ4v) is 3.19. The fourth-order valence-electron chi connectivity index (χ4n) is 3.01. The van der Waals surface area contributed by atoms with Gasteiger partial charge in [0, 0.05) is 0 Å². The Labute approximate surface area is 180 Å². The second-order valence-corrected chi connectivity index (χ2v) is 7.84. The van der Waals surface area contributed by atoms with Crippen molar-refractivity contribution in [3.63, 3.8) is 0 Å². The Balaban J connectivity index is 0.000000355. The van der Waals surface area contributed by atoms with Crippen LogP contribution in [0, 0.1) is 18.9 Å². The van der Waals surface area contributed by atoms with Crippen molar-refractivity contribution in [2.75, 3.05) is 0 Å². The van der Waals surface area contributed by atoms with Crippen molar-refractivity contribution < 1.29 is 21.7 Å². The van der Waals surface area contributed by atoms with Gasteiger partial charge in [0.25, 0.3) is 0 Å². The number of nitrogens with one attached hydrogen (secondary N) is 1. The number of benzene rings is 1. The van der Waals surface area contributed by atoms with Gasteiger partial charge in [-0.2, -0.15) is 11.1 Å². The van der Waals surface area contributed by atoms with Crippen molar-refractivity contribution in [3.05, 3.63) is 58.4 Å². The summed E-state index contributed by atoms with van der Waals surface area (Å²) in [6.07, 6.45) is 11.0. The molecule has 0 aromatic heterocycles. The predicted molar refractivity (Wildman–Crippen MR) is 112 cm³/mol. The third-order valence-electron chi connectivity index (χ3n) is 5.24. The van der Waals surface area contributed by atoms with E-state index in [1.807, 2.05) is 18.2 Å². The molecule has 0 amide bonds. The van der Waals surface area contributed by atoms with Crippen LogP contribution in [0.1, 0.15) is 71.8 Å². The monoisotopic (exact) mass is 400 g/mol. The molecule has 26 heavy (non-hydrogen) atoms. The van der Waals surface area contributed by atoms with Gasteiger partial charge in [-0.15, -0.1) is 13.0 Å². The van der Waals surface area contributed by atoms with E-state index in [0.717, 1.165) is 12.8 Å². The van der Waals surface area contributed by atoms with E-state index in [2.05, 4.69) is 57.0 Å². The molecule has 0 spiro atoms.